The highest BCUT2D eigenvalue weighted by atomic mass is 35.5. The molecule has 0 unspecified atom stereocenters. The van der Waals surface area contributed by atoms with Crippen LogP contribution in [0.25, 0.3) is 0 Å². The van der Waals surface area contributed by atoms with E-state index in [9.17, 15) is 12.8 Å². The smallest absolute Gasteiger partial charge is 0.207 e. The predicted molar refractivity (Wildman–Crippen MR) is 77.8 cm³/mol. The number of hydrogen-bond donors (Lipinski definition) is 1. The third-order valence-electron chi connectivity index (χ3n) is 3.96. The Morgan fingerprint density at radius 1 is 1.35 bits per heavy atom. The molecule has 1 saturated carbocycles. The third-order valence-corrected chi connectivity index (χ3v) is 6.09. The van der Waals surface area contributed by atoms with Gasteiger partial charge < -0.3 is 0 Å². The zero-order valence-corrected chi connectivity index (χ0v) is 13.0. The standard InChI is InChI=1S/C14H19ClFNO2S/c1-11-6-8-14(10-15,9-7-11)17-20(18,19)13-5-3-2-4-12(13)16/h2-5,11,17H,6-10H2,1H3. The molecule has 0 bridgehead atoms. The highest BCUT2D eigenvalue weighted by molar-refractivity contribution is 7.89. The van der Waals surface area contributed by atoms with Gasteiger partial charge in [0.15, 0.2) is 0 Å². The Morgan fingerprint density at radius 2 is 1.95 bits per heavy atom. The van der Waals surface area contributed by atoms with Crippen molar-refractivity contribution in [2.24, 2.45) is 5.92 Å². The summed E-state index contributed by atoms with van der Waals surface area (Å²) in [5.74, 6) is 0.0335. The van der Waals surface area contributed by atoms with Crippen molar-refractivity contribution in [2.75, 3.05) is 5.88 Å². The highest BCUT2D eigenvalue weighted by Crippen LogP contribution is 2.34. The first kappa shape index (κ1) is 15.7. The van der Waals surface area contributed by atoms with Crippen molar-refractivity contribution in [1.29, 1.82) is 0 Å². The molecule has 3 nitrogen and oxygen atoms in total. The maximum absolute atomic E-state index is 13.7. The SMILES string of the molecule is CC1CCC(CCl)(NS(=O)(=O)c2ccccc2F)CC1. The minimum atomic E-state index is -3.89. The highest BCUT2D eigenvalue weighted by Gasteiger charge is 2.38. The minimum Gasteiger partial charge on any atom is -0.207 e. The fourth-order valence-corrected chi connectivity index (χ4v) is 4.53. The van der Waals surface area contributed by atoms with Crippen LogP contribution in [0.1, 0.15) is 32.6 Å². The molecule has 6 heteroatoms. The molecular formula is C14H19ClFNO2S. The lowest BCUT2D eigenvalue weighted by molar-refractivity contribution is 0.247. The van der Waals surface area contributed by atoms with Gasteiger partial charge >= 0.3 is 0 Å². The minimum absolute atomic E-state index is 0.202. The number of sulfonamides is 1. The summed E-state index contributed by atoms with van der Waals surface area (Å²) in [5, 5.41) is 0. The van der Waals surface area contributed by atoms with E-state index in [2.05, 4.69) is 11.6 Å². The van der Waals surface area contributed by atoms with Crippen molar-refractivity contribution < 1.29 is 12.8 Å². The van der Waals surface area contributed by atoms with E-state index in [1.807, 2.05) is 0 Å². The van der Waals surface area contributed by atoms with Gasteiger partial charge in [-0.2, -0.15) is 0 Å². The third kappa shape index (κ3) is 3.32. The Balaban J connectivity index is 2.25. The lowest BCUT2D eigenvalue weighted by Gasteiger charge is -2.38. The van der Waals surface area contributed by atoms with Gasteiger partial charge in [0.1, 0.15) is 10.7 Å². The van der Waals surface area contributed by atoms with Crippen molar-refractivity contribution in [3.8, 4) is 0 Å². The van der Waals surface area contributed by atoms with Crippen molar-refractivity contribution in [1.82, 2.24) is 4.72 Å². The molecule has 0 aromatic heterocycles. The molecule has 0 heterocycles. The van der Waals surface area contributed by atoms with Crippen LogP contribution in [0.5, 0.6) is 0 Å². The summed E-state index contributed by atoms with van der Waals surface area (Å²) in [6.45, 7) is 2.14. The fraction of sp³-hybridized carbons (Fsp3) is 0.571. The fourth-order valence-electron chi connectivity index (χ4n) is 2.58. The molecule has 0 atom stereocenters. The maximum atomic E-state index is 13.7. The molecule has 2 rings (SSSR count). The summed E-state index contributed by atoms with van der Waals surface area (Å²) >= 11 is 6.00. The second kappa shape index (κ2) is 6.00. The van der Waals surface area contributed by atoms with Crippen molar-refractivity contribution >= 4 is 21.6 Å². The summed E-state index contributed by atoms with van der Waals surface area (Å²) in [4.78, 5) is -0.317. The van der Waals surface area contributed by atoms with E-state index in [1.165, 1.54) is 18.2 Å². The molecule has 1 aliphatic rings. The van der Waals surface area contributed by atoms with Gasteiger partial charge in [0.25, 0.3) is 0 Å². The number of hydrogen-bond acceptors (Lipinski definition) is 2. The first-order chi connectivity index (χ1) is 9.38. The van der Waals surface area contributed by atoms with Crippen molar-refractivity contribution in [3.63, 3.8) is 0 Å². The molecule has 0 aliphatic heterocycles. The topological polar surface area (TPSA) is 46.2 Å². The lowest BCUT2D eigenvalue weighted by Crippen LogP contribution is -2.52. The van der Waals surface area contributed by atoms with E-state index in [0.717, 1.165) is 18.9 Å². The van der Waals surface area contributed by atoms with Gasteiger partial charge in [0.2, 0.25) is 10.0 Å². The van der Waals surface area contributed by atoms with Gasteiger partial charge in [-0.25, -0.2) is 17.5 Å². The number of alkyl halides is 1. The Morgan fingerprint density at radius 3 is 2.50 bits per heavy atom. The molecule has 112 valence electrons. The molecule has 1 aromatic carbocycles. The van der Waals surface area contributed by atoms with Crippen LogP contribution in [-0.4, -0.2) is 19.8 Å². The number of benzene rings is 1. The second-order valence-corrected chi connectivity index (χ2v) is 7.55. The molecule has 1 aliphatic carbocycles. The van der Waals surface area contributed by atoms with Crippen LogP contribution in [0.4, 0.5) is 4.39 Å². The van der Waals surface area contributed by atoms with Crippen LogP contribution in [0, 0.1) is 11.7 Å². The Bertz CT molecular complexity index is 568. The average molecular weight is 320 g/mol. The van der Waals surface area contributed by atoms with Crippen LogP contribution in [0.2, 0.25) is 0 Å². The molecule has 1 aromatic rings. The molecule has 1 N–H and O–H groups in total. The lowest BCUT2D eigenvalue weighted by atomic mass is 9.79. The van der Waals surface area contributed by atoms with Gasteiger partial charge in [-0.05, 0) is 43.7 Å². The van der Waals surface area contributed by atoms with Crippen LogP contribution in [-0.2, 0) is 10.0 Å². The van der Waals surface area contributed by atoms with Gasteiger partial charge in [0, 0.05) is 11.4 Å². The van der Waals surface area contributed by atoms with E-state index in [0.29, 0.717) is 18.8 Å². The van der Waals surface area contributed by atoms with Gasteiger partial charge in [-0.3, -0.25) is 0 Å². The molecule has 20 heavy (non-hydrogen) atoms. The van der Waals surface area contributed by atoms with E-state index in [-0.39, 0.29) is 10.8 Å². The van der Waals surface area contributed by atoms with E-state index < -0.39 is 21.4 Å². The largest absolute Gasteiger partial charge is 0.244 e. The first-order valence-corrected chi connectivity index (χ1v) is 8.75. The van der Waals surface area contributed by atoms with Gasteiger partial charge in [-0.15, -0.1) is 11.6 Å². The Hall–Kier alpha value is -0.650. The Kier molecular flexibility index (Phi) is 4.72. The van der Waals surface area contributed by atoms with E-state index >= 15 is 0 Å². The zero-order valence-electron chi connectivity index (χ0n) is 11.4. The Labute approximate surface area is 124 Å². The van der Waals surface area contributed by atoms with E-state index in [4.69, 9.17) is 11.6 Å². The average Bonchev–Trinajstić information content (AvgIpc) is 2.42. The van der Waals surface area contributed by atoms with Crippen LogP contribution >= 0.6 is 11.6 Å². The number of rotatable bonds is 4. The molecule has 0 spiro atoms. The van der Waals surface area contributed by atoms with Gasteiger partial charge in [-0.1, -0.05) is 19.1 Å². The predicted octanol–water partition coefficient (Wildman–Crippen LogP) is 3.29. The normalized spacial score (nSPS) is 27.4. The van der Waals surface area contributed by atoms with Crippen molar-refractivity contribution in [3.05, 3.63) is 30.1 Å². The van der Waals surface area contributed by atoms with Crippen LogP contribution < -0.4 is 4.72 Å². The number of nitrogens with one attached hydrogen (secondary N) is 1. The van der Waals surface area contributed by atoms with Crippen LogP contribution in [0.15, 0.2) is 29.2 Å². The first-order valence-electron chi connectivity index (χ1n) is 6.73. The van der Waals surface area contributed by atoms with E-state index in [1.54, 1.807) is 0 Å². The summed E-state index contributed by atoms with van der Waals surface area (Å²) in [6.07, 6.45) is 3.22. The summed E-state index contributed by atoms with van der Waals surface area (Å²) in [6, 6.07) is 5.39. The molecule has 1 fully saturated rings. The van der Waals surface area contributed by atoms with Gasteiger partial charge in [0.05, 0.1) is 0 Å². The van der Waals surface area contributed by atoms with Crippen molar-refractivity contribution in [2.45, 2.75) is 43.0 Å². The quantitative estimate of drug-likeness (QED) is 0.866. The molecular weight excluding hydrogens is 301 g/mol. The summed E-state index contributed by atoms with van der Waals surface area (Å²) < 4.78 is 41.0. The molecule has 0 radical (unpaired) electrons. The summed E-state index contributed by atoms with van der Waals surface area (Å²) in [5.41, 5.74) is -0.658. The molecule has 0 amide bonds. The molecule has 0 saturated heterocycles. The second-order valence-electron chi connectivity index (χ2n) is 5.63. The van der Waals surface area contributed by atoms with Crippen LogP contribution in [0.3, 0.4) is 0 Å². The number of halogens is 2. The maximum Gasteiger partial charge on any atom is 0.244 e. The summed E-state index contributed by atoms with van der Waals surface area (Å²) in [7, 11) is -3.89. The monoisotopic (exact) mass is 319 g/mol. The zero-order chi connectivity index (χ0) is 14.8.